The zero-order valence-electron chi connectivity index (χ0n) is 16.3. The van der Waals surface area contributed by atoms with Crippen LogP contribution >= 0.6 is 0 Å². The molecule has 0 aliphatic rings. The van der Waals surface area contributed by atoms with Crippen LogP contribution in [-0.4, -0.2) is 47.7 Å². The molecule has 0 heterocycles. The number of rotatable bonds is 10. The number of hydrogen-bond acceptors (Lipinski definition) is 4. The molecule has 5 heteroatoms. The molecular weight excluding hydrogens is 330 g/mol. The van der Waals surface area contributed by atoms with E-state index in [4.69, 9.17) is 4.74 Å². The molecule has 1 N–H and O–H groups in total. The van der Waals surface area contributed by atoms with E-state index < -0.39 is 0 Å². The minimum atomic E-state index is -0.341. The summed E-state index contributed by atoms with van der Waals surface area (Å²) in [7, 11) is 0. The summed E-state index contributed by atoms with van der Waals surface area (Å²) in [6, 6.07) is 7.74. The SMILES string of the molecule is CCOC(=O)CCN(C(=O)/C=C/c1ccc(C(C)C)cc1)C(CC)CO. The van der Waals surface area contributed by atoms with Gasteiger partial charge in [-0.15, -0.1) is 0 Å². The molecule has 1 amide bonds. The predicted molar refractivity (Wildman–Crippen MR) is 104 cm³/mol. The number of ether oxygens (including phenoxy) is 1. The first-order valence-electron chi connectivity index (χ1n) is 9.27. The molecule has 0 aromatic heterocycles. The fourth-order valence-corrected chi connectivity index (χ4v) is 2.62. The van der Waals surface area contributed by atoms with Crippen molar-refractivity contribution in [3.8, 4) is 0 Å². The number of aliphatic hydroxyl groups excluding tert-OH is 1. The van der Waals surface area contributed by atoms with Crippen molar-refractivity contribution in [2.45, 2.75) is 52.5 Å². The van der Waals surface area contributed by atoms with Gasteiger partial charge in [0.15, 0.2) is 0 Å². The summed E-state index contributed by atoms with van der Waals surface area (Å²) in [5.74, 6) is -0.0997. The summed E-state index contributed by atoms with van der Waals surface area (Å²) in [5.41, 5.74) is 2.18. The van der Waals surface area contributed by atoms with Crippen LogP contribution in [0.15, 0.2) is 30.3 Å². The summed E-state index contributed by atoms with van der Waals surface area (Å²) in [6.45, 7) is 8.33. The number of aliphatic hydroxyl groups is 1. The van der Waals surface area contributed by atoms with Crippen molar-refractivity contribution in [1.82, 2.24) is 4.90 Å². The lowest BCUT2D eigenvalue weighted by Gasteiger charge is -2.28. The molecule has 0 radical (unpaired) electrons. The van der Waals surface area contributed by atoms with E-state index in [1.807, 2.05) is 19.1 Å². The summed E-state index contributed by atoms with van der Waals surface area (Å²) >= 11 is 0. The van der Waals surface area contributed by atoms with E-state index in [1.165, 1.54) is 16.5 Å². The minimum absolute atomic E-state index is 0.118. The normalized spacial score (nSPS) is 12.4. The molecule has 1 rings (SSSR count). The highest BCUT2D eigenvalue weighted by Gasteiger charge is 2.21. The Hall–Kier alpha value is -2.14. The van der Waals surface area contributed by atoms with E-state index in [0.29, 0.717) is 18.9 Å². The van der Waals surface area contributed by atoms with Crippen molar-refractivity contribution in [3.63, 3.8) is 0 Å². The summed E-state index contributed by atoms with van der Waals surface area (Å²) in [5, 5.41) is 9.55. The van der Waals surface area contributed by atoms with Crippen LogP contribution in [0.1, 0.15) is 57.6 Å². The van der Waals surface area contributed by atoms with Crippen molar-refractivity contribution in [2.75, 3.05) is 19.8 Å². The van der Waals surface area contributed by atoms with Gasteiger partial charge >= 0.3 is 5.97 Å². The Morgan fingerprint density at radius 2 is 1.85 bits per heavy atom. The first kappa shape index (κ1) is 21.9. The number of hydrogen-bond donors (Lipinski definition) is 1. The number of esters is 1. The van der Waals surface area contributed by atoms with Crippen LogP contribution in [-0.2, 0) is 14.3 Å². The van der Waals surface area contributed by atoms with Gasteiger partial charge in [0, 0.05) is 12.6 Å². The van der Waals surface area contributed by atoms with E-state index in [1.54, 1.807) is 13.0 Å². The molecule has 0 saturated heterocycles. The van der Waals surface area contributed by atoms with E-state index in [9.17, 15) is 14.7 Å². The van der Waals surface area contributed by atoms with E-state index in [2.05, 4.69) is 26.0 Å². The van der Waals surface area contributed by atoms with Gasteiger partial charge in [-0.05, 0) is 36.5 Å². The maximum Gasteiger partial charge on any atom is 0.307 e. The zero-order valence-corrected chi connectivity index (χ0v) is 16.3. The fraction of sp³-hybridized carbons (Fsp3) is 0.524. The topological polar surface area (TPSA) is 66.8 Å². The molecule has 5 nitrogen and oxygen atoms in total. The average Bonchev–Trinajstić information content (AvgIpc) is 2.63. The first-order chi connectivity index (χ1) is 12.4. The minimum Gasteiger partial charge on any atom is -0.466 e. The van der Waals surface area contributed by atoms with Gasteiger partial charge in [-0.2, -0.15) is 0 Å². The molecule has 0 fully saturated rings. The van der Waals surface area contributed by atoms with Gasteiger partial charge in [0.1, 0.15) is 0 Å². The smallest absolute Gasteiger partial charge is 0.307 e. The molecule has 1 aromatic carbocycles. The molecule has 144 valence electrons. The van der Waals surface area contributed by atoms with Crippen molar-refractivity contribution >= 4 is 18.0 Å². The number of nitrogens with zero attached hydrogens (tertiary/aromatic N) is 1. The maximum absolute atomic E-state index is 12.6. The zero-order chi connectivity index (χ0) is 19.5. The molecule has 0 aliphatic heterocycles. The third kappa shape index (κ3) is 7.00. The number of benzene rings is 1. The second kappa shape index (κ2) is 11.5. The van der Waals surface area contributed by atoms with Crippen LogP contribution in [0.2, 0.25) is 0 Å². The van der Waals surface area contributed by atoms with Gasteiger partial charge in [0.25, 0.3) is 0 Å². The number of amides is 1. The molecule has 26 heavy (non-hydrogen) atoms. The fourth-order valence-electron chi connectivity index (χ4n) is 2.62. The van der Waals surface area contributed by atoms with Crippen molar-refractivity contribution < 1.29 is 19.4 Å². The van der Waals surface area contributed by atoms with Crippen molar-refractivity contribution in [1.29, 1.82) is 0 Å². The molecule has 0 bridgehead atoms. The van der Waals surface area contributed by atoms with E-state index in [-0.39, 0.29) is 37.5 Å². The lowest BCUT2D eigenvalue weighted by molar-refractivity contribution is -0.144. The Labute approximate surface area is 156 Å². The van der Waals surface area contributed by atoms with Crippen LogP contribution < -0.4 is 0 Å². The Morgan fingerprint density at radius 1 is 1.19 bits per heavy atom. The average molecular weight is 361 g/mol. The predicted octanol–water partition coefficient (Wildman–Crippen LogP) is 3.38. The first-order valence-corrected chi connectivity index (χ1v) is 9.27. The third-order valence-corrected chi connectivity index (χ3v) is 4.29. The molecule has 1 unspecified atom stereocenters. The highest BCUT2D eigenvalue weighted by atomic mass is 16.5. The molecule has 1 atom stereocenters. The van der Waals surface area contributed by atoms with Gasteiger partial charge in [-0.1, -0.05) is 45.0 Å². The highest BCUT2D eigenvalue weighted by molar-refractivity contribution is 5.92. The molecule has 1 aromatic rings. The lowest BCUT2D eigenvalue weighted by Crippen LogP contribution is -2.42. The summed E-state index contributed by atoms with van der Waals surface area (Å²) < 4.78 is 4.92. The van der Waals surface area contributed by atoms with Crippen LogP contribution in [0.3, 0.4) is 0 Å². The Morgan fingerprint density at radius 3 is 2.35 bits per heavy atom. The highest BCUT2D eigenvalue weighted by Crippen LogP contribution is 2.15. The summed E-state index contributed by atoms with van der Waals surface area (Å²) in [6.07, 6.45) is 3.98. The Kier molecular flexibility index (Phi) is 9.66. The van der Waals surface area contributed by atoms with Crippen molar-refractivity contribution in [2.24, 2.45) is 0 Å². The quantitative estimate of drug-likeness (QED) is 0.512. The molecule has 0 spiro atoms. The van der Waals surface area contributed by atoms with Gasteiger partial charge in [-0.3, -0.25) is 9.59 Å². The number of carbonyl (C=O) groups is 2. The van der Waals surface area contributed by atoms with E-state index >= 15 is 0 Å². The van der Waals surface area contributed by atoms with Gasteiger partial charge in [-0.25, -0.2) is 0 Å². The standard InChI is InChI=1S/C21H31NO4/c1-5-19(15-23)22(14-13-21(25)26-6-2)20(24)12-9-17-7-10-18(11-8-17)16(3)4/h7-12,16,19,23H,5-6,13-15H2,1-4H3/b12-9+. The molecule has 0 aliphatic carbocycles. The second-order valence-electron chi connectivity index (χ2n) is 6.49. The van der Waals surface area contributed by atoms with Gasteiger partial charge in [0.2, 0.25) is 5.91 Å². The summed E-state index contributed by atoms with van der Waals surface area (Å²) in [4.78, 5) is 25.7. The van der Waals surface area contributed by atoms with Crippen LogP contribution in [0, 0.1) is 0 Å². The third-order valence-electron chi connectivity index (χ3n) is 4.29. The largest absolute Gasteiger partial charge is 0.466 e. The van der Waals surface area contributed by atoms with Crippen LogP contribution in [0.5, 0.6) is 0 Å². The Bertz CT molecular complexity index is 589. The van der Waals surface area contributed by atoms with Gasteiger partial charge in [0.05, 0.1) is 25.7 Å². The Balaban J connectivity index is 2.81. The van der Waals surface area contributed by atoms with Crippen LogP contribution in [0.4, 0.5) is 0 Å². The van der Waals surface area contributed by atoms with Gasteiger partial charge < -0.3 is 14.7 Å². The number of carbonyl (C=O) groups excluding carboxylic acids is 2. The lowest BCUT2D eigenvalue weighted by atomic mass is 10.0. The maximum atomic E-state index is 12.6. The molecule has 0 saturated carbocycles. The molecular formula is C21H31NO4. The monoisotopic (exact) mass is 361 g/mol. The van der Waals surface area contributed by atoms with Crippen molar-refractivity contribution in [3.05, 3.63) is 41.5 Å². The van der Waals surface area contributed by atoms with E-state index in [0.717, 1.165) is 5.56 Å². The van der Waals surface area contributed by atoms with Crippen LogP contribution in [0.25, 0.3) is 6.08 Å². The second-order valence-corrected chi connectivity index (χ2v) is 6.49.